The Balaban J connectivity index is 1.64. The fraction of sp³-hybridized carbons (Fsp3) is 0.321. The molecule has 0 bridgehead atoms. The zero-order valence-corrected chi connectivity index (χ0v) is 21.7. The number of hydrogen-bond donors (Lipinski definition) is 2. The molecule has 0 aliphatic heterocycles. The van der Waals surface area contributed by atoms with Crippen molar-refractivity contribution in [3.63, 3.8) is 0 Å². The Bertz CT molecular complexity index is 1250. The minimum absolute atomic E-state index is 0.147. The number of hydrogen-bond acceptors (Lipinski definition) is 6. The molecular weight excluding hydrogens is 492 g/mol. The standard InChI is InChI=1S/C28H31ClN4O4/c1-36-25-10-7-19(16-26(25)37-2)28(35)33(24-6-4-3-5-23(24)30)17-20-15-21(8-9-22(20)29)32-27(34)18-11-13-31-14-12-18/h7-16,23-24H,3-6,17,30H2,1-2H3,(H,32,34). The van der Waals surface area contributed by atoms with Crippen molar-refractivity contribution in [2.75, 3.05) is 19.5 Å². The summed E-state index contributed by atoms with van der Waals surface area (Å²) < 4.78 is 10.7. The molecule has 3 N–H and O–H groups in total. The van der Waals surface area contributed by atoms with Crippen molar-refractivity contribution in [2.45, 2.75) is 44.3 Å². The second-order valence-corrected chi connectivity index (χ2v) is 9.42. The Morgan fingerprint density at radius 2 is 1.73 bits per heavy atom. The Hall–Kier alpha value is -3.62. The topological polar surface area (TPSA) is 107 Å². The normalized spacial score (nSPS) is 17.1. The van der Waals surface area contributed by atoms with Gasteiger partial charge in [-0.05, 0) is 66.9 Å². The highest BCUT2D eigenvalue weighted by Gasteiger charge is 2.32. The minimum atomic E-state index is -0.261. The van der Waals surface area contributed by atoms with Gasteiger partial charge in [-0.25, -0.2) is 0 Å². The number of methoxy groups -OCH3 is 2. The van der Waals surface area contributed by atoms with Gasteiger partial charge < -0.3 is 25.4 Å². The van der Waals surface area contributed by atoms with Crippen LogP contribution in [0.3, 0.4) is 0 Å². The first-order valence-electron chi connectivity index (χ1n) is 12.2. The number of amides is 2. The van der Waals surface area contributed by atoms with Crippen molar-refractivity contribution < 1.29 is 19.1 Å². The van der Waals surface area contributed by atoms with Gasteiger partial charge in [0.05, 0.1) is 14.2 Å². The fourth-order valence-electron chi connectivity index (χ4n) is 4.67. The quantitative estimate of drug-likeness (QED) is 0.435. The molecule has 1 aromatic heterocycles. The van der Waals surface area contributed by atoms with Crippen LogP contribution < -0.4 is 20.5 Å². The first-order chi connectivity index (χ1) is 17.9. The Kier molecular flexibility index (Phi) is 8.63. The zero-order valence-electron chi connectivity index (χ0n) is 20.9. The lowest BCUT2D eigenvalue weighted by molar-refractivity contribution is 0.0583. The van der Waals surface area contributed by atoms with E-state index in [2.05, 4.69) is 10.3 Å². The maximum Gasteiger partial charge on any atom is 0.255 e. The van der Waals surface area contributed by atoms with Gasteiger partial charge >= 0.3 is 0 Å². The third-order valence-electron chi connectivity index (χ3n) is 6.66. The molecule has 4 rings (SSSR count). The van der Waals surface area contributed by atoms with Crippen molar-refractivity contribution in [3.05, 3.63) is 82.6 Å². The Morgan fingerprint density at radius 3 is 2.43 bits per heavy atom. The third kappa shape index (κ3) is 6.21. The molecule has 1 saturated carbocycles. The largest absolute Gasteiger partial charge is 0.493 e. The number of rotatable bonds is 8. The summed E-state index contributed by atoms with van der Waals surface area (Å²) in [4.78, 5) is 32.3. The molecule has 2 amide bonds. The van der Waals surface area contributed by atoms with E-state index in [0.717, 1.165) is 25.7 Å². The fourth-order valence-corrected chi connectivity index (χ4v) is 4.84. The minimum Gasteiger partial charge on any atom is -0.493 e. The van der Waals surface area contributed by atoms with E-state index in [4.69, 9.17) is 26.8 Å². The van der Waals surface area contributed by atoms with E-state index in [9.17, 15) is 9.59 Å². The molecule has 194 valence electrons. The molecule has 0 radical (unpaired) electrons. The molecule has 2 aromatic carbocycles. The summed E-state index contributed by atoms with van der Waals surface area (Å²) in [6.07, 6.45) is 6.80. The van der Waals surface area contributed by atoms with Gasteiger partial charge in [-0.2, -0.15) is 0 Å². The second kappa shape index (κ2) is 12.1. The van der Waals surface area contributed by atoms with Gasteiger partial charge in [-0.1, -0.05) is 24.4 Å². The van der Waals surface area contributed by atoms with Crippen LogP contribution in [0.5, 0.6) is 11.5 Å². The predicted octanol–water partition coefficient (Wildman–Crippen LogP) is 4.92. The van der Waals surface area contributed by atoms with Crippen LogP contribution in [-0.4, -0.2) is 48.0 Å². The van der Waals surface area contributed by atoms with Crippen LogP contribution in [0, 0.1) is 0 Å². The van der Waals surface area contributed by atoms with Gasteiger partial charge in [0.1, 0.15) is 0 Å². The predicted molar refractivity (Wildman–Crippen MR) is 143 cm³/mol. The number of ether oxygens (including phenoxy) is 2. The number of carbonyl (C=O) groups excluding carboxylic acids is 2. The van der Waals surface area contributed by atoms with Crippen molar-refractivity contribution in [1.29, 1.82) is 0 Å². The molecule has 1 fully saturated rings. The molecule has 37 heavy (non-hydrogen) atoms. The lowest BCUT2D eigenvalue weighted by Crippen LogP contribution is -2.51. The number of halogens is 1. The number of carbonyl (C=O) groups is 2. The average Bonchev–Trinajstić information content (AvgIpc) is 2.93. The van der Waals surface area contributed by atoms with Crippen LogP contribution in [-0.2, 0) is 6.54 Å². The van der Waals surface area contributed by atoms with E-state index in [0.29, 0.717) is 38.9 Å². The molecule has 3 aromatic rings. The second-order valence-electron chi connectivity index (χ2n) is 9.01. The highest BCUT2D eigenvalue weighted by atomic mass is 35.5. The van der Waals surface area contributed by atoms with E-state index in [1.54, 1.807) is 72.9 Å². The van der Waals surface area contributed by atoms with Gasteiger partial charge in [0.15, 0.2) is 11.5 Å². The number of anilines is 1. The van der Waals surface area contributed by atoms with Crippen molar-refractivity contribution in [2.24, 2.45) is 5.73 Å². The van der Waals surface area contributed by atoms with Gasteiger partial charge in [0.2, 0.25) is 0 Å². The van der Waals surface area contributed by atoms with E-state index < -0.39 is 0 Å². The average molecular weight is 523 g/mol. The number of nitrogens with two attached hydrogens (primary N) is 1. The van der Waals surface area contributed by atoms with Gasteiger partial charge in [0.25, 0.3) is 11.8 Å². The summed E-state index contributed by atoms with van der Waals surface area (Å²) in [6, 6.07) is 13.3. The molecule has 2 atom stereocenters. The Labute approximate surface area is 221 Å². The summed E-state index contributed by atoms with van der Waals surface area (Å²) in [5, 5.41) is 3.39. The van der Waals surface area contributed by atoms with Gasteiger partial charge in [0, 0.05) is 52.9 Å². The van der Waals surface area contributed by atoms with Crippen LogP contribution in [0.1, 0.15) is 52.0 Å². The lowest BCUT2D eigenvalue weighted by atomic mass is 9.89. The Morgan fingerprint density at radius 1 is 1.00 bits per heavy atom. The highest BCUT2D eigenvalue weighted by Crippen LogP contribution is 2.32. The van der Waals surface area contributed by atoms with Crippen LogP contribution in [0.2, 0.25) is 5.02 Å². The monoisotopic (exact) mass is 522 g/mol. The summed E-state index contributed by atoms with van der Waals surface area (Å²) in [5.41, 5.74) is 8.76. The molecule has 1 aliphatic rings. The van der Waals surface area contributed by atoms with Crippen molar-refractivity contribution in [3.8, 4) is 11.5 Å². The molecule has 0 spiro atoms. The first kappa shape index (κ1) is 26.4. The maximum atomic E-state index is 13.9. The smallest absolute Gasteiger partial charge is 0.255 e. The summed E-state index contributed by atoms with van der Waals surface area (Å²) >= 11 is 6.58. The molecule has 9 heteroatoms. The maximum absolute atomic E-state index is 13.9. The summed E-state index contributed by atoms with van der Waals surface area (Å²) in [7, 11) is 3.08. The molecule has 0 saturated heterocycles. The molecule has 1 heterocycles. The van der Waals surface area contributed by atoms with Crippen LogP contribution in [0.15, 0.2) is 60.9 Å². The van der Waals surface area contributed by atoms with E-state index in [1.165, 1.54) is 7.11 Å². The van der Waals surface area contributed by atoms with E-state index >= 15 is 0 Å². The van der Waals surface area contributed by atoms with Crippen LogP contribution >= 0.6 is 11.6 Å². The molecule has 8 nitrogen and oxygen atoms in total. The van der Waals surface area contributed by atoms with Crippen molar-refractivity contribution in [1.82, 2.24) is 9.88 Å². The zero-order chi connectivity index (χ0) is 26.4. The SMILES string of the molecule is COc1ccc(C(=O)N(Cc2cc(NC(=O)c3ccncc3)ccc2Cl)C2CCCCC2N)cc1OC. The molecule has 2 unspecified atom stereocenters. The molecular formula is C28H31ClN4O4. The number of aromatic nitrogens is 1. The van der Waals surface area contributed by atoms with E-state index in [-0.39, 0.29) is 30.4 Å². The summed E-state index contributed by atoms with van der Waals surface area (Å²) in [6.45, 7) is 0.239. The molecule has 1 aliphatic carbocycles. The van der Waals surface area contributed by atoms with Crippen molar-refractivity contribution >= 4 is 29.1 Å². The lowest BCUT2D eigenvalue weighted by Gasteiger charge is -2.39. The number of benzene rings is 2. The number of nitrogens with one attached hydrogen (secondary N) is 1. The third-order valence-corrected chi connectivity index (χ3v) is 7.03. The summed E-state index contributed by atoms with van der Waals surface area (Å²) in [5.74, 6) is 0.578. The first-order valence-corrected chi connectivity index (χ1v) is 12.6. The van der Waals surface area contributed by atoms with Gasteiger partial charge in [-0.3, -0.25) is 14.6 Å². The van der Waals surface area contributed by atoms with Crippen LogP contribution in [0.4, 0.5) is 5.69 Å². The van der Waals surface area contributed by atoms with Crippen LogP contribution in [0.25, 0.3) is 0 Å². The number of nitrogens with zero attached hydrogens (tertiary/aromatic N) is 2. The highest BCUT2D eigenvalue weighted by molar-refractivity contribution is 6.31. The number of pyridine rings is 1. The van der Waals surface area contributed by atoms with Gasteiger partial charge in [-0.15, -0.1) is 0 Å². The van der Waals surface area contributed by atoms with E-state index in [1.807, 2.05) is 0 Å².